The fraction of sp³-hybridized carbons (Fsp3) is 0.412. The zero-order chi connectivity index (χ0) is 15.5. The van der Waals surface area contributed by atoms with Gasteiger partial charge in [-0.05, 0) is 38.5 Å². The van der Waals surface area contributed by atoms with Crippen molar-refractivity contribution < 1.29 is 0 Å². The Morgan fingerprint density at radius 3 is 2.95 bits per heavy atom. The average Bonchev–Trinajstić information content (AvgIpc) is 3.11. The van der Waals surface area contributed by atoms with Crippen LogP contribution in [0.2, 0.25) is 0 Å². The first kappa shape index (κ1) is 14.8. The summed E-state index contributed by atoms with van der Waals surface area (Å²) in [6.45, 7) is 6.06. The van der Waals surface area contributed by atoms with E-state index in [1.165, 1.54) is 16.5 Å². The Bertz CT molecular complexity index is 742. The van der Waals surface area contributed by atoms with E-state index < -0.39 is 0 Å². The molecule has 5 heteroatoms. The second-order valence-corrected chi connectivity index (χ2v) is 5.93. The normalized spacial score (nSPS) is 12.9. The summed E-state index contributed by atoms with van der Waals surface area (Å²) in [5, 5.41) is 13.7. The molecular formula is C17H23N5. The highest BCUT2D eigenvalue weighted by molar-refractivity contribution is 5.82. The standard InChI is InChI=1S/C17H23N5/c1-13-5-6-17-15(11-13)16(20-21(17)3)12-18-14(2)7-10-22-9-4-8-19-22/h4-6,8-9,11,14,18H,7,10,12H2,1-3H3/t14-/m0/s1. The number of fused-ring (bicyclic) bond motifs is 1. The summed E-state index contributed by atoms with van der Waals surface area (Å²) in [4.78, 5) is 0. The largest absolute Gasteiger partial charge is 0.309 e. The molecule has 0 aliphatic carbocycles. The average molecular weight is 297 g/mol. The molecule has 22 heavy (non-hydrogen) atoms. The number of benzene rings is 1. The van der Waals surface area contributed by atoms with E-state index in [9.17, 15) is 0 Å². The van der Waals surface area contributed by atoms with Crippen LogP contribution in [0, 0.1) is 6.92 Å². The van der Waals surface area contributed by atoms with E-state index in [0.717, 1.165) is 25.2 Å². The molecule has 0 radical (unpaired) electrons. The van der Waals surface area contributed by atoms with Gasteiger partial charge in [-0.3, -0.25) is 9.36 Å². The second kappa shape index (κ2) is 6.32. The van der Waals surface area contributed by atoms with Gasteiger partial charge in [-0.25, -0.2) is 0 Å². The van der Waals surface area contributed by atoms with Crippen LogP contribution in [-0.2, 0) is 20.1 Å². The maximum Gasteiger partial charge on any atom is 0.0841 e. The first-order valence-electron chi connectivity index (χ1n) is 7.76. The Labute approximate surface area is 130 Å². The highest BCUT2D eigenvalue weighted by atomic mass is 15.3. The molecule has 0 saturated heterocycles. The van der Waals surface area contributed by atoms with Crippen LogP contribution in [0.3, 0.4) is 0 Å². The van der Waals surface area contributed by atoms with Crippen LogP contribution < -0.4 is 5.32 Å². The Balaban J connectivity index is 1.62. The van der Waals surface area contributed by atoms with Crippen molar-refractivity contribution in [2.75, 3.05) is 0 Å². The van der Waals surface area contributed by atoms with E-state index in [-0.39, 0.29) is 0 Å². The van der Waals surface area contributed by atoms with E-state index in [2.05, 4.69) is 47.6 Å². The van der Waals surface area contributed by atoms with Gasteiger partial charge >= 0.3 is 0 Å². The summed E-state index contributed by atoms with van der Waals surface area (Å²) in [6, 6.07) is 8.87. The van der Waals surface area contributed by atoms with Gasteiger partial charge in [-0.15, -0.1) is 0 Å². The van der Waals surface area contributed by atoms with E-state index in [1.54, 1.807) is 0 Å². The first-order valence-corrected chi connectivity index (χ1v) is 7.76. The van der Waals surface area contributed by atoms with Crippen LogP contribution in [0.5, 0.6) is 0 Å². The summed E-state index contributed by atoms with van der Waals surface area (Å²) in [6.07, 6.45) is 4.87. The Morgan fingerprint density at radius 1 is 1.32 bits per heavy atom. The Kier molecular flexibility index (Phi) is 4.24. The second-order valence-electron chi connectivity index (χ2n) is 5.93. The molecular weight excluding hydrogens is 274 g/mol. The Morgan fingerprint density at radius 2 is 2.18 bits per heavy atom. The van der Waals surface area contributed by atoms with Crippen LogP contribution in [0.25, 0.3) is 10.9 Å². The number of hydrogen-bond donors (Lipinski definition) is 1. The molecule has 2 aromatic heterocycles. The first-order chi connectivity index (χ1) is 10.6. The molecule has 0 aliphatic rings. The molecule has 0 aliphatic heterocycles. The molecule has 3 rings (SSSR count). The van der Waals surface area contributed by atoms with Crippen LogP contribution in [-0.4, -0.2) is 25.6 Å². The molecule has 1 N–H and O–H groups in total. The summed E-state index contributed by atoms with van der Waals surface area (Å²) in [7, 11) is 2.00. The lowest BCUT2D eigenvalue weighted by Gasteiger charge is -2.13. The van der Waals surface area contributed by atoms with Crippen molar-refractivity contribution in [3.05, 3.63) is 47.9 Å². The molecule has 1 aromatic carbocycles. The highest BCUT2D eigenvalue weighted by Gasteiger charge is 2.10. The van der Waals surface area contributed by atoms with Gasteiger partial charge in [0, 0.05) is 44.0 Å². The van der Waals surface area contributed by atoms with Crippen molar-refractivity contribution in [3.63, 3.8) is 0 Å². The van der Waals surface area contributed by atoms with E-state index >= 15 is 0 Å². The minimum Gasteiger partial charge on any atom is -0.309 e. The molecule has 0 spiro atoms. The van der Waals surface area contributed by atoms with Crippen molar-refractivity contribution in [2.45, 2.75) is 39.4 Å². The number of aromatic nitrogens is 4. The maximum atomic E-state index is 4.65. The maximum absolute atomic E-state index is 4.65. The molecule has 116 valence electrons. The summed E-state index contributed by atoms with van der Waals surface area (Å²) in [5.74, 6) is 0. The topological polar surface area (TPSA) is 47.7 Å². The van der Waals surface area contributed by atoms with E-state index in [1.807, 2.05) is 34.9 Å². The van der Waals surface area contributed by atoms with Crippen molar-refractivity contribution >= 4 is 10.9 Å². The molecule has 0 saturated carbocycles. The minimum absolute atomic E-state index is 0.422. The van der Waals surface area contributed by atoms with E-state index in [0.29, 0.717) is 6.04 Å². The number of hydrogen-bond acceptors (Lipinski definition) is 3. The lowest BCUT2D eigenvalue weighted by molar-refractivity contribution is 0.455. The van der Waals surface area contributed by atoms with Gasteiger partial charge in [0.05, 0.1) is 11.2 Å². The zero-order valence-electron chi connectivity index (χ0n) is 13.5. The predicted octanol–water partition coefficient (Wildman–Crippen LogP) is 2.65. The van der Waals surface area contributed by atoms with Crippen molar-refractivity contribution in [3.8, 4) is 0 Å². The van der Waals surface area contributed by atoms with Gasteiger partial charge < -0.3 is 5.32 Å². The third-order valence-corrected chi connectivity index (χ3v) is 4.05. The van der Waals surface area contributed by atoms with Crippen LogP contribution in [0.15, 0.2) is 36.7 Å². The third kappa shape index (κ3) is 3.20. The van der Waals surface area contributed by atoms with Crippen LogP contribution in [0.4, 0.5) is 0 Å². The zero-order valence-corrected chi connectivity index (χ0v) is 13.5. The van der Waals surface area contributed by atoms with Gasteiger partial charge in [-0.2, -0.15) is 10.2 Å². The molecule has 0 fully saturated rings. The number of rotatable bonds is 6. The molecule has 0 bridgehead atoms. The van der Waals surface area contributed by atoms with Crippen molar-refractivity contribution in [1.29, 1.82) is 0 Å². The van der Waals surface area contributed by atoms with Gasteiger partial charge in [0.15, 0.2) is 0 Å². The van der Waals surface area contributed by atoms with Gasteiger partial charge in [0.1, 0.15) is 0 Å². The fourth-order valence-corrected chi connectivity index (χ4v) is 2.71. The summed E-state index contributed by atoms with van der Waals surface area (Å²) >= 11 is 0. The summed E-state index contributed by atoms with van der Waals surface area (Å²) in [5.41, 5.74) is 3.58. The molecule has 2 heterocycles. The third-order valence-electron chi connectivity index (χ3n) is 4.05. The smallest absolute Gasteiger partial charge is 0.0841 e. The van der Waals surface area contributed by atoms with E-state index in [4.69, 9.17) is 0 Å². The SMILES string of the molecule is Cc1ccc2c(c1)c(CN[C@@H](C)CCn1cccn1)nn2C. The highest BCUT2D eigenvalue weighted by Crippen LogP contribution is 2.19. The lowest BCUT2D eigenvalue weighted by Crippen LogP contribution is -2.27. The molecule has 0 unspecified atom stereocenters. The number of nitrogens with zero attached hydrogens (tertiary/aromatic N) is 4. The minimum atomic E-state index is 0.422. The van der Waals surface area contributed by atoms with Crippen LogP contribution >= 0.6 is 0 Å². The monoisotopic (exact) mass is 297 g/mol. The van der Waals surface area contributed by atoms with Crippen LogP contribution in [0.1, 0.15) is 24.6 Å². The fourth-order valence-electron chi connectivity index (χ4n) is 2.71. The molecule has 0 amide bonds. The quantitative estimate of drug-likeness (QED) is 0.761. The molecule has 1 atom stereocenters. The van der Waals surface area contributed by atoms with Gasteiger partial charge in [-0.1, -0.05) is 11.6 Å². The van der Waals surface area contributed by atoms with Crippen molar-refractivity contribution in [1.82, 2.24) is 24.9 Å². The van der Waals surface area contributed by atoms with Crippen molar-refractivity contribution in [2.24, 2.45) is 7.05 Å². The molecule has 3 aromatic rings. The van der Waals surface area contributed by atoms with Gasteiger partial charge in [0.2, 0.25) is 0 Å². The lowest BCUT2D eigenvalue weighted by atomic mass is 10.1. The predicted molar refractivity (Wildman–Crippen MR) is 88.6 cm³/mol. The number of aryl methyl sites for hydroxylation is 3. The molecule has 5 nitrogen and oxygen atoms in total. The summed E-state index contributed by atoms with van der Waals surface area (Å²) < 4.78 is 3.93. The number of nitrogens with one attached hydrogen (secondary N) is 1. The Hall–Kier alpha value is -2.14. The van der Waals surface area contributed by atoms with Gasteiger partial charge in [0.25, 0.3) is 0 Å².